The van der Waals surface area contributed by atoms with E-state index in [1.807, 2.05) is 33.8 Å². The van der Waals surface area contributed by atoms with Crippen molar-refractivity contribution in [3.05, 3.63) is 23.0 Å². The van der Waals surface area contributed by atoms with Crippen LogP contribution in [-0.2, 0) is 19.1 Å². The van der Waals surface area contributed by atoms with Crippen LogP contribution < -0.4 is 0 Å². The topological polar surface area (TPSA) is 80.7 Å². The maximum absolute atomic E-state index is 14.2. The van der Waals surface area contributed by atoms with Gasteiger partial charge in [-0.05, 0) is 66.2 Å². The van der Waals surface area contributed by atoms with Crippen molar-refractivity contribution in [3.8, 4) is 0 Å². The highest BCUT2D eigenvalue weighted by Crippen LogP contribution is 2.69. The molecule has 1 spiro atoms. The zero-order valence-corrected chi connectivity index (χ0v) is 19.9. The first-order chi connectivity index (χ1) is 14.2. The maximum atomic E-state index is 14.2. The Morgan fingerprint density at radius 2 is 1.84 bits per heavy atom. The van der Waals surface area contributed by atoms with Gasteiger partial charge in [-0.15, -0.1) is 0 Å². The van der Waals surface area contributed by atoms with Crippen molar-refractivity contribution in [1.29, 1.82) is 0 Å². The summed E-state index contributed by atoms with van der Waals surface area (Å²) in [4.78, 5) is 41.3. The average Bonchev–Trinajstić information content (AvgIpc) is 3.11. The van der Waals surface area contributed by atoms with E-state index >= 15 is 0 Å². The van der Waals surface area contributed by atoms with E-state index in [1.54, 1.807) is 20.8 Å². The molecule has 5 heteroatoms. The monoisotopic (exact) mass is 428 g/mol. The number of carbonyl (C=O) groups is 3. The lowest BCUT2D eigenvalue weighted by Crippen LogP contribution is -2.56. The van der Waals surface area contributed by atoms with Crippen LogP contribution in [0.1, 0.15) is 80.6 Å². The van der Waals surface area contributed by atoms with Crippen molar-refractivity contribution in [2.75, 3.05) is 0 Å². The number of fused-ring (bicyclic) bond motifs is 3. The van der Waals surface area contributed by atoms with Gasteiger partial charge in [0.05, 0.1) is 16.4 Å². The van der Waals surface area contributed by atoms with Crippen LogP contribution in [0, 0.1) is 28.6 Å². The van der Waals surface area contributed by atoms with Gasteiger partial charge in [0.1, 0.15) is 16.9 Å². The summed E-state index contributed by atoms with van der Waals surface area (Å²) in [7, 11) is 0. The number of Topliss-reactive ketones (excluding diaryl/α,β-unsaturated/α-hetero) is 3. The largest absolute Gasteiger partial charge is 0.490 e. The molecule has 2 saturated carbocycles. The van der Waals surface area contributed by atoms with Crippen molar-refractivity contribution in [1.82, 2.24) is 0 Å². The van der Waals surface area contributed by atoms with E-state index in [0.717, 1.165) is 12.0 Å². The second-order valence-electron chi connectivity index (χ2n) is 11.7. The lowest BCUT2D eigenvalue weighted by molar-refractivity contribution is -0.149. The first-order valence-electron chi connectivity index (χ1n) is 11.6. The molecule has 1 N–H and O–H groups in total. The van der Waals surface area contributed by atoms with E-state index in [0.29, 0.717) is 25.0 Å². The highest BCUT2D eigenvalue weighted by molar-refractivity contribution is 6.31. The molecule has 2 bridgehead atoms. The Morgan fingerprint density at radius 3 is 2.42 bits per heavy atom. The zero-order valence-electron chi connectivity index (χ0n) is 19.9. The summed E-state index contributed by atoms with van der Waals surface area (Å²) in [6, 6.07) is 0. The summed E-state index contributed by atoms with van der Waals surface area (Å²) in [5.41, 5.74) is -2.71. The van der Waals surface area contributed by atoms with Gasteiger partial charge < -0.3 is 9.84 Å². The van der Waals surface area contributed by atoms with Crippen molar-refractivity contribution >= 4 is 17.3 Å². The number of rotatable bonds is 4. The van der Waals surface area contributed by atoms with Crippen LogP contribution in [-0.4, -0.2) is 33.7 Å². The van der Waals surface area contributed by atoms with E-state index in [4.69, 9.17) is 4.74 Å². The number of aliphatic hydroxyl groups is 1. The third kappa shape index (κ3) is 2.88. The van der Waals surface area contributed by atoms with Gasteiger partial charge in [0, 0.05) is 18.3 Å². The smallest absolute Gasteiger partial charge is 0.183 e. The molecule has 4 rings (SSSR count). The van der Waals surface area contributed by atoms with Crippen LogP contribution in [0.2, 0.25) is 0 Å². The van der Waals surface area contributed by atoms with Gasteiger partial charge in [0.15, 0.2) is 17.3 Å². The first-order valence-corrected chi connectivity index (χ1v) is 11.6. The molecule has 1 saturated heterocycles. The molecule has 170 valence electrons. The summed E-state index contributed by atoms with van der Waals surface area (Å²) in [5, 5.41) is 11.1. The number of ether oxygens (including phenoxy) is 1. The average molecular weight is 429 g/mol. The van der Waals surface area contributed by atoms with Crippen LogP contribution >= 0.6 is 0 Å². The van der Waals surface area contributed by atoms with Crippen LogP contribution in [0.15, 0.2) is 23.0 Å². The predicted molar refractivity (Wildman–Crippen MR) is 117 cm³/mol. The van der Waals surface area contributed by atoms with Crippen molar-refractivity contribution in [3.63, 3.8) is 0 Å². The summed E-state index contributed by atoms with van der Waals surface area (Å²) in [6.07, 6.45) is 4.62. The van der Waals surface area contributed by atoms with E-state index in [-0.39, 0.29) is 41.3 Å². The third-order valence-corrected chi connectivity index (χ3v) is 8.60. The number of hydrogen-bond donors (Lipinski definition) is 1. The van der Waals surface area contributed by atoms with E-state index in [1.165, 1.54) is 0 Å². The minimum atomic E-state index is -1.30. The quantitative estimate of drug-likeness (QED) is 0.410. The molecule has 0 amide bonds. The second-order valence-corrected chi connectivity index (χ2v) is 11.7. The highest BCUT2D eigenvalue weighted by Gasteiger charge is 2.73. The molecule has 3 fully saturated rings. The summed E-state index contributed by atoms with van der Waals surface area (Å²) in [6.45, 7) is 13.0. The molecule has 31 heavy (non-hydrogen) atoms. The Labute approximate surface area is 185 Å². The molecule has 1 unspecified atom stereocenters. The molecule has 1 aliphatic heterocycles. The number of allylic oxidation sites excluding steroid dienone is 4. The van der Waals surface area contributed by atoms with Gasteiger partial charge in [-0.25, -0.2) is 0 Å². The summed E-state index contributed by atoms with van der Waals surface area (Å²) in [5.74, 6) is -0.835. The molecule has 0 radical (unpaired) electrons. The highest BCUT2D eigenvalue weighted by atomic mass is 16.5. The molecular formula is C26H36O5. The van der Waals surface area contributed by atoms with Gasteiger partial charge in [-0.3, -0.25) is 14.4 Å². The van der Waals surface area contributed by atoms with Gasteiger partial charge in [0.25, 0.3) is 0 Å². The van der Waals surface area contributed by atoms with Gasteiger partial charge in [0.2, 0.25) is 0 Å². The Bertz CT molecular complexity index is 933. The molecule has 3 aliphatic carbocycles. The van der Waals surface area contributed by atoms with Crippen molar-refractivity contribution in [2.24, 2.45) is 28.6 Å². The summed E-state index contributed by atoms with van der Waals surface area (Å²) < 4.78 is 6.51. The lowest BCUT2D eigenvalue weighted by atomic mass is 9.51. The Kier molecular flexibility index (Phi) is 4.80. The molecule has 1 heterocycles. The SMILES string of the molecule is CC(C)=CC[C@]1(C)C(=O)C(C(=O)C(C)C)=C2O[C@]3(C)CC2(C[C@@H]2[C@H]3CC[C@]2(C)O)C1=O. The maximum Gasteiger partial charge on any atom is 0.183 e. The number of carbonyl (C=O) groups excluding carboxylic acids is 3. The lowest BCUT2D eigenvalue weighted by Gasteiger charge is -2.47. The van der Waals surface area contributed by atoms with E-state index in [9.17, 15) is 19.5 Å². The minimum Gasteiger partial charge on any atom is -0.490 e. The third-order valence-electron chi connectivity index (χ3n) is 8.60. The van der Waals surface area contributed by atoms with Crippen LogP contribution in [0.5, 0.6) is 0 Å². The van der Waals surface area contributed by atoms with E-state index in [2.05, 4.69) is 0 Å². The molecule has 5 nitrogen and oxygen atoms in total. The molecule has 0 aromatic carbocycles. The Balaban J connectivity index is 1.96. The zero-order chi connectivity index (χ0) is 23.1. The molecule has 0 aromatic rings. The van der Waals surface area contributed by atoms with Crippen LogP contribution in [0.3, 0.4) is 0 Å². The molecular weight excluding hydrogens is 392 g/mol. The van der Waals surface area contributed by atoms with Crippen molar-refractivity contribution < 1.29 is 24.2 Å². The second kappa shape index (κ2) is 6.63. The first kappa shape index (κ1) is 22.4. The minimum absolute atomic E-state index is 0.0935. The molecule has 0 aromatic heterocycles. The fraction of sp³-hybridized carbons (Fsp3) is 0.731. The standard InChI is InChI=1S/C26H36O5/c1-14(2)8-10-23(5)20(28)18(19(27)15(3)4)21-26(22(23)29)12-17-16(9-11-24(17,6)30)25(7,13-26)31-21/h8,15-17,30H,9-13H2,1-7H3/t16-,17-,23-,24+,25-,26?/m1/s1. The Morgan fingerprint density at radius 1 is 1.19 bits per heavy atom. The van der Waals surface area contributed by atoms with Crippen LogP contribution in [0.25, 0.3) is 0 Å². The molecule has 6 atom stereocenters. The predicted octanol–water partition coefficient (Wildman–Crippen LogP) is 4.33. The van der Waals surface area contributed by atoms with Gasteiger partial charge >= 0.3 is 0 Å². The fourth-order valence-electron chi connectivity index (χ4n) is 6.84. The normalized spacial score (nSPS) is 43.6. The molecule has 4 aliphatic rings. The van der Waals surface area contributed by atoms with Gasteiger partial charge in [-0.1, -0.05) is 25.5 Å². The summed E-state index contributed by atoms with van der Waals surface area (Å²) >= 11 is 0. The Hall–Kier alpha value is -1.75. The number of hydrogen-bond acceptors (Lipinski definition) is 5. The fourth-order valence-corrected chi connectivity index (χ4v) is 6.84. The van der Waals surface area contributed by atoms with Gasteiger partial charge in [-0.2, -0.15) is 0 Å². The van der Waals surface area contributed by atoms with Crippen molar-refractivity contribution in [2.45, 2.75) is 91.8 Å². The van der Waals surface area contributed by atoms with Crippen LogP contribution in [0.4, 0.5) is 0 Å². The number of ketones is 3. The van der Waals surface area contributed by atoms with E-state index < -0.39 is 27.8 Å².